The number of amides is 1. The van der Waals surface area contributed by atoms with Gasteiger partial charge in [-0.3, -0.25) is 4.79 Å². The van der Waals surface area contributed by atoms with E-state index >= 15 is 0 Å². The van der Waals surface area contributed by atoms with Gasteiger partial charge in [-0.05, 0) is 72.8 Å². The van der Waals surface area contributed by atoms with Gasteiger partial charge in [-0.25, -0.2) is 0 Å². The lowest BCUT2D eigenvalue weighted by atomic mass is 10.0. The molecule has 0 saturated carbocycles. The lowest BCUT2D eigenvalue weighted by Crippen LogP contribution is -2.32. The number of hydrogen-bond acceptors (Lipinski definition) is 4. The molecule has 0 aliphatic carbocycles. The molecular formula is C27H28N4O2. The molecule has 6 heteroatoms. The summed E-state index contributed by atoms with van der Waals surface area (Å²) in [5.74, 6) is 0.624. The first-order valence-corrected chi connectivity index (χ1v) is 11.4. The number of nitrogens with zero attached hydrogens (tertiary/aromatic N) is 1. The number of carbonyl (C=O) groups is 1. The van der Waals surface area contributed by atoms with E-state index in [1.807, 2.05) is 59.6 Å². The number of carbonyl (C=O) groups excluding carboxylic acids is 1. The molecule has 1 aromatic heterocycles. The molecule has 5 rings (SSSR count). The smallest absolute Gasteiger partial charge is 0.258 e. The summed E-state index contributed by atoms with van der Waals surface area (Å²) in [6.45, 7) is 3.57. The van der Waals surface area contributed by atoms with Crippen LogP contribution in [0.1, 0.15) is 23.7 Å². The molecule has 168 valence electrons. The van der Waals surface area contributed by atoms with Crippen molar-refractivity contribution in [2.75, 3.05) is 29.9 Å². The molecule has 0 fully saturated rings. The summed E-state index contributed by atoms with van der Waals surface area (Å²) in [7, 11) is 0. The van der Waals surface area contributed by atoms with Gasteiger partial charge >= 0.3 is 0 Å². The molecule has 1 atom stereocenters. The predicted octanol–water partition coefficient (Wildman–Crippen LogP) is 5.02. The van der Waals surface area contributed by atoms with Crippen LogP contribution in [0.5, 0.6) is 5.75 Å². The Kier molecular flexibility index (Phi) is 5.75. The molecule has 0 radical (unpaired) electrons. The Morgan fingerprint density at radius 2 is 2.00 bits per heavy atom. The molecule has 4 aromatic rings. The molecular weight excluding hydrogens is 412 g/mol. The average molecular weight is 441 g/mol. The number of rotatable bonds is 5. The highest BCUT2D eigenvalue weighted by molar-refractivity contribution is 6.08. The number of fused-ring (bicyclic) bond motifs is 2. The average Bonchev–Trinajstić information content (AvgIpc) is 3.24. The summed E-state index contributed by atoms with van der Waals surface area (Å²) in [6.07, 6.45) is 2.79. The molecule has 1 aliphatic heterocycles. The summed E-state index contributed by atoms with van der Waals surface area (Å²) in [5, 5.41) is 4.63. The molecule has 1 amide bonds. The van der Waals surface area contributed by atoms with Crippen LogP contribution in [-0.4, -0.2) is 36.6 Å². The predicted molar refractivity (Wildman–Crippen MR) is 134 cm³/mol. The second kappa shape index (κ2) is 9.00. The van der Waals surface area contributed by atoms with Gasteiger partial charge in [-0.1, -0.05) is 18.2 Å². The maximum atomic E-state index is 13.6. The number of nitrogens with two attached hydrogens (primary N) is 1. The van der Waals surface area contributed by atoms with Crippen molar-refractivity contribution in [1.29, 1.82) is 0 Å². The molecule has 33 heavy (non-hydrogen) atoms. The maximum Gasteiger partial charge on any atom is 0.258 e. The highest BCUT2D eigenvalue weighted by Gasteiger charge is 2.25. The number of anilines is 2. The van der Waals surface area contributed by atoms with Gasteiger partial charge < -0.3 is 25.7 Å². The zero-order chi connectivity index (χ0) is 22.8. The van der Waals surface area contributed by atoms with E-state index in [4.69, 9.17) is 10.5 Å². The zero-order valence-corrected chi connectivity index (χ0v) is 18.7. The Balaban J connectivity index is 1.53. The summed E-state index contributed by atoms with van der Waals surface area (Å²) in [5.41, 5.74) is 11.2. The number of ether oxygens (including phenoxy) is 1. The molecule has 3 aromatic carbocycles. The number of benzene rings is 3. The lowest BCUT2D eigenvalue weighted by molar-refractivity contribution is 0.0986. The third kappa shape index (κ3) is 4.17. The van der Waals surface area contributed by atoms with Gasteiger partial charge in [0.1, 0.15) is 12.4 Å². The molecule has 6 nitrogen and oxygen atoms in total. The highest BCUT2D eigenvalue weighted by atomic mass is 16.5. The van der Waals surface area contributed by atoms with Crippen molar-refractivity contribution < 1.29 is 9.53 Å². The van der Waals surface area contributed by atoms with Crippen LogP contribution in [0.3, 0.4) is 0 Å². The second-order valence-corrected chi connectivity index (χ2v) is 8.44. The van der Waals surface area contributed by atoms with E-state index in [0.717, 1.165) is 39.8 Å². The van der Waals surface area contributed by atoms with Crippen molar-refractivity contribution >= 4 is 28.2 Å². The molecule has 0 spiro atoms. The number of nitrogens with one attached hydrogen (secondary N) is 2. The van der Waals surface area contributed by atoms with Crippen molar-refractivity contribution in [3.05, 3.63) is 78.5 Å². The van der Waals surface area contributed by atoms with Crippen LogP contribution in [-0.2, 0) is 0 Å². The van der Waals surface area contributed by atoms with E-state index < -0.39 is 0 Å². The van der Waals surface area contributed by atoms with Crippen LogP contribution in [0, 0.1) is 0 Å². The summed E-state index contributed by atoms with van der Waals surface area (Å²) in [6, 6.07) is 22.2. The van der Waals surface area contributed by atoms with Gasteiger partial charge in [-0.2, -0.15) is 0 Å². The van der Waals surface area contributed by atoms with Crippen LogP contribution < -0.4 is 20.7 Å². The van der Waals surface area contributed by atoms with Crippen LogP contribution >= 0.6 is 0 Å². The van der Waals surface area contributed by atoms with Crippen molar-refractivity contribution in [2.45, 2.75) is 19.4 Å². The highest BCUT2D eigenvalue weighted by Crippen LogP contribution is 2.35. The fourth-order valence-corrected chi connectivity index (χ4v) is 4.38. The third-order valence-corrected chi connectivity index (χ3v) is 6.10. The first-order chi connectivity index (χ1) is 16.1. The molecule has 0 saturated heterocycles. The Hall–Kier alpha value is -3.77. The van der Waals surface area contributed by atoms with Gasteiger partial charge in [-0.15, -0.1) is 0 Å². The SMILES string of the molecule is CC1CCN(C(=O)c2ccc(-c3ccc4[nH]ccc4c3)c(OCCN)c2)c2ccccc2N1. The number of H-pyrrole nitrogens is 1. The fraction of sp³-hybridized carbons (Fsp3) is 0.222. The van der Waals surface area contributed by atoms with Crippen LogP contribution in [0.25, 0.3) is 22.0 Å². The van der Waals surface area contributed by atoms with Crippen LogP contribution in [0.4, 0.5) is 11.4 Å². The van der Waals surface area contributed by atoms with Gasteiger partial charge in [0.25, 0.3) is 5.91 Å². The molecule has 0 bridgehead atoms. The number of para-hydroxylation sites is 2. The maximum absolute atomic E-state index is 13.6. The van der Waals surface area contributed by atoms with E-state index in [9.17, 15) is 4.79 Å². The number of hydrogen-bond donors (Lipinski definition) is 3. The van der Waals surface area contributed by atoms with Crippen molar-refractivity contribution in [1.82, 2.24) is 4.98 Å². The normalized spacial score (nSPS) is 15.6. The van der Waals surface area contributed by atoms with Crippen molar-refractivity contribution in [2.24, 2.45) is 5.73 Å². The minimum Gasteiger partial charge on any atom is -0.492 e. The summed E-state index contributed by atoms with van der Waals surface area (Å²) >= 11 is 0. The lowest BCUT2D eigenvalue weighted by Gasteiger charge is -2.23. The Morgan fingerprint density at radius 3 is 2.88 bits per heavy atom. The standard InChI is InChI=1S/C27H28N4O2/c1-18-11-14-31(25-5-3-2-4-24(25)30-18)27(32)21-6-8-22(26(17-21)33-15-12-28)19-7-9-23-20(16-19)10-13-29-23/h2-10,13,16-18,29-30H,11-12,14-15,28H2,1H3. The zero-order valence-electron chi connectivity index (χ0n) is 18.7. The first-order valence-electron chi connectivity index (χ1n) is 11.4. The molecule has 1 aliphatic rings. The van der Waals surface area contributed by atoms with E-state index in [0.29, 0.717) is 31.0 Å². The summed E-state index contributed by atoms with van der Waals surface area (Å²) < 4.78 is 6.01. The topological polar surface area (TPSA) is 83.4 Å². The monoisotopic (exact) mass is 440 g/mol. The molecule has 2 heterocycles. The quantitative estimate of drug-likeness (QED) is 0.407. The number of aromatic nitrogens is 1. The van der Waals surface area contributed by atoms with Gasteiger partial charge in [0.15, 0.2) is 0 Å². The minimum absolute atomic E-state index is 0.0383. The molecule has 4 N–H and O–H groups in total. The fourth-order valence-electron chi connectivity index (χ4n) is 4.38. The van der Waals surface area contributed by atoms with Gasteiger partial charge in [0.2, 0.25) is 0 Å². The van der Waals surface area contributed by atoms with E-state index in [1.54, 1.807) is 0 Å². The summed E-state index contributed by atoms with van der Waals surface area (Å²) in [4.78, 5) is 18.7. The second-order valence-electron chi connectivity index (χ2n) is 8.44. The van der Waals surface area contributed by atoms with Crippen LogP contribution in [0.2, 0.25) is 0 Å². The number of aromatic amines is 1. The Morgan fingerprint density at radius 1 is 1.12 bits per heavy atom. The van der Waals surface area contributed by atoms with Gasteiger partial charge in [0.05, 0.1) is 11.4 Å². The Bertz CT molecular complexity index is 1300. The Labute approximate surface area is 193 Å². The largest absolute Gasteiger partial charge is 0.492 e. The van der Waals surface area contributed by atoms with E-state index in [2.05, 4.69) is 35.4 Å². The van der Waals surface area contributed by atoms with Crippen molar-refractivity contribution in [3.63, 3.8) is 0 Å². The van der Waals surface area contributed by atoms with E-state index in [1.165, 1.54) is 0 Å². The van der Waals surface area contributed by atoms with Gasteiger partial charge in [0, 0.05) is 42.0 Å². The van der Waals surface area contributed by atoms with Crippen molar-refractivity contribution in [3.8, 4) is 16.9 Å². The third-order valence-electron chi connectivity index (χ3n) is 6.10. The minimum atomic E-state index is -0.0383. The van der Waals surface area contributed by atoms with Crippen LogP contribution in [0.15, 0.2) is 72.9 Å². The van der Waals surface area contributed by atoms with E-state index in [-0.39, 0.29) is 11.9 Å². The molecule has 1 unspecified atom stereocenters. The first kappa shape index (κ1) is 21.1.